The lowest BCUT2D eigenvalue weighted by Gasteiger charge is -2.20. The van der Waals surface area contributed by atoms with Crippen LogP contribution in [0.2, 0.25) is 5.02 Å². The lowest BCUT2D eigenvalue weighted by Crippen LogP contribution is -2.24. The van der Waals surface area contributed by atoms with Crippen molar-refractivity contribution < 1.29 is 8.78 Å². The molecule has 0 radical (unpaired) electrons. The summed E-state index contributed by atoms with van der Waals surface area (Å²) in [6, 6.07) is 10.7. The maximum Gasteiger partial charge on any atom is 0.123 e. The van der Waals surface area contributed by atoms with E-state index in [9.17, 15) is 8.78 Å². The molecule has 0 bridgehead atoms. The molecule has 0 saturated carbocycles. The summed E-state index contributed by atoms with van der Waals surface area (Å²) in [5, 5.41) is 3.94. The van der Waals surface area contributed by atoms with Crippen LogP contribution in [-0.4, -0.2) is 6.54 Å². The van der Waals surface area contributed by atoms with E-state index in [4.69, 9.17) is 11.6 Å². The third-order valence-corrected chi connectivity index (χ3v) is 3.71. The van der Waals surface area contributed by atoms with Gasteiger partial charge in [-0.1, -0.05) is 30.7 Å². The summed E-state index contributed by atoms with van der Waals surface area (Å²) in [5.74, 6) is -0.570. The first kappa shape index (κ1) is 15.9. The lowest BCUT2D eigenvalue weighted by atomic mass is 9.98. The van der Waals surface area contributed by atoms with Crippen LogP contribution in [0.1, 0.15) is 30.5 Å². The monoisotopic (exact) mass is 309 g/mol. The van der Waals surface area contributed by atoms with E-state index < -0.39 is 0 Å². The van der Waals surface area contributed by atoms with Gasteiger partial charge in [-0.25, -0.2) is 8.78 Å². The minimum Gasteiger partial charge on any atom is -0.310 e. The molecule has 2 aromatic rings. The van der Waals surface area contributed by atoms with Crippen molar-refractivity contribution in [2.24, 2.45) is 0 Å². The molecule has 2 rings (SSSR count). The fourth-order valence-electron chi connectivity index (χ4n) is 2.24. The third kappa shape index (κ3) is 4.51. The zero-order chi connectivity index (χ0) is 15.2. The predicted molar refractivity (Wildman–Crippen MR) is 82.5 cm³/mol. The molecule has 112 valence electrons. The fraction of sp³-hybridized carbons (Fsp3) is 0.294. The molecule has 21 heavy (non-hydrogen) atoms. The molecule has 1 unspecified atom stereocenters. The van der Waals surface area contributed by atoms with Crippen molar-refractivity contribution in [1.82, 2.24) is 5.32 Å². The average molecular weight is 310 g/mol. The number of nitrogens with one attached hydrogen (secondary N) is 1. The first-order valence-corrected chi connectivity index (χ1v) is 7.40. The summed E-state index contributed by atoms with van der Waals surface area (Å²) in [4.78, 5) is 0. The fourth-order valence-corrected chi connectivity index (χ4v) is 2.44. The van der Waals surface area contributed by atoms with Crippen LogP contribution in [0.5, 0.6) is 0 Å². The Morgan fingerprint density at radius 3 is 2.38 bits per heavy atom. The van der Waals surface area contributed by atoms with Crippen molar-refractivity contribution in [3.05, 3.63) is 70.2 Å². The topological polar surface area (TPSA) is 12.0 Å². The van der Waals surface area contributed by atoms with Crippen molar-refractivity contribution in [3.63, 3.8) is 0 Å². The molecule has 2 aromatic carbocycles. The summed E-state index contributed by atoms with van der Waals surface area (Å²) in [5.41, 5.74) is 1.71. The summed E-state index contributed by atoms with van der Waals surface area (Å²) >= 11 is 6.13. The molecule has 0 fully saturated rings. The summed E-state index contributed by atoms with van der Waals surface area (Å²) in [7, 11) is 0. The Kier molecular flexibility index (Phi) is 5.71. The molecule has 0 heterocycles. The molecule has 0 aliphatic rings. The highest BCUT2D eigenvalue weighted by Crippen LogP contribution is 2.24. The van der Waals surface area contributed by atoms with Crippen LogP contribution < -0.4 is 5.32 Å². The molecule has 0 spiro atoms. The largest absolute Gasteiger partial charge is 0.310 e. The second-order valence-electron chi connectivity index (χ2n) is 5.00. The van der Waals surface area contributed by atoms with Gasteiger partial charge in [-0.15, -0.1) is 0 Å². The number of rotatable bonds is 6. The van der Waals surface area contributed by atoms with Gasteiger partial charge < -0.3 is 5.32 Å². The average Bonchev–Trinajstić information content (AvgIpc) is 2.48. The Labute approximate surface area is 128 Å². The van der Waals surface area contributed by atoms with Crippen LogP contribution in [0.25, 0.3) is 0 Å². The number of halogens is 3. The summed E-state index contributed by atoms with van der Waals surface area (Å²) in [6.07, 6.45) is 1.54. The van der Waals surface area contributed by atoms with Gasteiger partial charge in [-0.05, 0) is 60.8 Å². The molecule has 0 aromatic heterocycles. The zero-order valence-corrected chi connectivity index (χ0v) is 12.6. The van der Waals surface area contributed by atoms with Crippen molar-refractivity contribution in [2.45, 2.75) is 25.8 Å². The number of hydrogen-bond acceptors (Lipinski definition) is 1. The standard InChI is InChI=1S/C17H18ClF2N/c1-2-9-21-17(12-3-5-14(19)6-4-12)11-13-10-15(20)7-8-16(13)18/h3-8,10,17,21H,2,9,11H2,1H3. The highest BCUT2D eigenvalue weighted by molar-refractivity contribution is 6.31. The van der Waals surface area contributed by atoms with E-state index in [0.717, 1.165) is 24.1 Å². The second-order valence-corrected chi connectivity index (χ2v) is 5.41. The van der Waals surface area contributed by atoms with Gasteiger partial charge in [0.2, 0.25) is 0 Å². The summed E-state index contributed by atoms with van der Waals surface area (Å²) < 4.78 is 26.4. The van der Waals surface area contributed by atoms with E-state index in [1.807, 2.05) is 0 Å². The van der Waals surface area contributed by atoms with Gasteiger partial charge in [0.1, 0.15) is 11.6 Å². The van der Waals surface area contributed by atoms with Gasteiger partial charge in [0.25, 0.3) is 0 Å². The Bertz CT molecular complexity index is 584. The molecule has 0 amide bonds. The molecule has 4 heteroatoms. The van der Waals surface area contributed by atoms with E-state index in [1.54, 1.807) is 18.2 Å². The third-order valence-electron chi connectivity index (χ3n) is 3.34. The van der Waals surface area contributed by atoms with Gasteiger partial charge in [0, 0.05) is 11.1 Å². The van der Waals surface area contributed by atoms with Gasteiger partial charge >= 0.3 is 0 Å². The predicted octanol–water partition coefficient (Wildman–Crippen LogP) is 4.90. The van der Waals surface area contributed by atoms with Crippen LogP contribution in [-0.2, 0) is 6.42 Å². The molecular formula is C17H18ClF2N. The van der Waals surface area contributed by atoms with Crippen LogP contribution in [0.15, 0.2) is 42.5 Å². The molecule has 1 nitrogen and oxygen atoms in total. The molecular weight excluding hydrogens is 292 g/mol. The van der Waals surface area contributed by atoms with Crippen LogP contribution in [0, 0.1) is 11.6 Å². The summed E-state index contributed by atoms with van der Waals surface area (Å²) in [6.45, 7) is 2.90. The first-order valence-electron chi connectivity index (χ1n) is 7.03. The Balaban J connectivity index is 2.23. The minimum atomic E-state index is -0.303. The molecule has 1 atom stereocenters. The highest BCUT2D eigenvalue weighted by Gasteiger charge is 2.14. The highest BCUT2D eigenvalue weighted by atomic mass is 35.5. The van der Waals surface area contributed by atoms with E-state index >= 15 is 0 Å². The van der Waals surface area contributed by atoms with Crippen molar-refractivity contribution in [1.29, 1.82) is 0 Å². The second kappa shape index (κ2) is 7.53. The molecule has 1 N–H and O–H groups in total. The van der Waals surface area contributed by atoms with Gasteiger partial charge in [0.05, 0.1) is 0 Å². The molecule has 0 aliphatic carbocycles. The maximum atomic E-state index is 13.4. The number of benzene rings is 2. The first-order chi connectivity index (χ1) is 10.1. The van der Waals surface area contributed by atoms with Gasteiger partial charge in [-0.2, -0.15) is 0 Å². The smallest absolute Gasteiger partial charge is 0.123 e. The molecule has 0 aliphatic heterocycles. The SMILES string of the molecule is CCCNC(Cc1cc(F)ccc1Cl)c1ccc(F)cc1. The minimum absolute atomic E-state index is 0.0233. The van der Waals surface area contributed by atoms with Crippen LogP contribution in [0.4, 0.5) is 8.78 Å². The lowest BCUT2D eigenvalue weighted by molar-refractivity contribution is 0.525. The maximum absolute atomic E-state index is 13.4. The quantitative estimate of drug-likeness (QED) is 0.800. The van der Waals surface area contributed by atoms with Gasteiger partial charge in [0.15, 0.2) is 0 Å². The number of hydrogen-bond donors (Lipinski definition) is 1. The van der Waals surface area contributed by atoms with Crippen LogP contribution >= 0.6 is 11.6 Å². The normalized spacial score (nSPS) is 12.4. The Hall–Kier alpha value is -1.45. The van der Waals surface area contributed by atoms with Crippen molar-refractivity contribution in [3.8, 4) is 0 Å². The van der Waals surface area contributed by atoms with E-state index in [1.165, 1.54) is 24.3 Å². The van der Waals surface area contributed by atoms with E-state index in [-0.39, 0.29) is 17.7 Å². The van der Waals surface area contributed by atoms with Crippen molar-refractivity contribution >= 4 is 11.6 Å². The van der Waals surface area contributed by atoms with E-state index in [2.05, 4.69) is 12.2 Å². The molecule has 0 saturated heterocycles. The van der Waals surface area contributed by atoms with Crippen LogP contribution in [0.3, 0.4) is 0 Å². The van der Waals surface area contributed by atoms with Crippen molar-refractivity contribution in [2.75, 3.05) is 6.54 Å². The zero-order valence-electron chi connectivity index (χ0n) is 11.9. The Morgan fingerprint density at radius 1 is 1.05 bits per heavy atom. The van der Waals surface area contributed by atoms with E-state index in [0.29, 0.717) is 11.4 Å². The van der Waals surface area contributed by atoms with Gasteiger partial charge in [-0.3, -0.25) is 0 Å². The Morgan fingerprint density at radius 2 is 1.71 bits per heavy atom.